The Morgan fingerprint density at radius 1 is 1.11 bits per heavy atom. The van der Waals surface area contributed by atoms with E-state index in [2.05, 4.69) is 25.0 Å². The van der Waals surface area contributed by atoms with E-state index in [4.69, 9.17) is 9.73 Å². The molecule has 2 aromatic carbocycles. The molecule has 5 nitrogen and oxygen atoms in total. The van der Waals surface area contributed by atoms with E-state index in [1.165, 1.54) is 5.56 Å². The zero-order chi connectivity index (χ0) is 20.1. The van der Waals surface area contributed by atoms with Crippen molar-refractivity contribution in [1.29, 1.82) is 0 Å². The highest BCUT2D eigenvalue weighted by Crippen LogP contribution is 2.21. The summed E-state index contributed by atoms with van der Waals surface area (Å²) in [4.78, 5) is 18.0. The first-order valence-corrected chi connectivity index (χ1v) is 9.70. The summed E-state index contributed by atoms with van der Waals surface area (Å²) < 4.78 is 6.80. The third-order valence-corrected chi connectivity index (χ3v) is 4.82. The van der Waals surface area contributed by atoms with Gasteiger partial charge in [0.1, 0.15) is 5.75 Å². The number of rotatable bonds is 7. The van der Waals surface area contributed by atoms with Crippen molar-refractivity contribution in [1.82, 2.24) is 9.78 Å². The monoisotopic (exact) mass is 377 g/mol. The minimum absolute atomic E-state index is 0.0798. The zero-order valence-corrected chi connectivity index (χ0v) is 17.0. The average molecular weight is 377 g/mol. The van der Waals surface area contributed by atoms with Gasteiger partial charge in [0.05, 0.1) is 29.8 Å². The number of methoxy groups -OCH3 is 1. The van der Waals surface area contributed by atoms with Gasteiger partial charge in [-0.25, -0.2) is 4.68 Å². The van der Waals surface area contributed by atoms with Gasteiger partial charge in [0.2, 0.25) is 0 Å². The number of benzene rings is 2. The fraction of sp³-hybridized carbons (Fsp3) is 0.304. The van der Waals surface area contributed by atoms with E-state index in [0.29, 0.717) is 5.56 Å². The van der Waals surface area contributed by atoms with Gasteiger partial charge in [0.25, 0.3) is 5.56 Å². The lowest BCUT2D eigenvalue weighted by Crippen LogP contribution is -2.19. The second-order valence-corrected chi connectivity index (χ2v) is 6.73. The summed E-state index contributed by atoms with van der Waals surface area (Å²) in [6.45, 7) is 6.12. The van der Waals surface area contributed by atoms with E-state index in [0.717, 1.165) is 47.8 Å². The Morgan fingerprint density at radius 2 is 1.82 bits per heavy atom. The number of aliphatic imine (C=N–C) groups is 1. The van der Waals surface area contributed by atoms with E-state index < -0.39 is 0 Å². The van der Waals surface area contributed by atoms with Crippen LogP contribution in [0.3, 0.4) is 0 Å². The van der Waals surface area contributed by atoms with Crippen molar-refractivity contribution < 1.29 is 4.74 Å². The van der Waals surface area contributed by atoms with Gasteiger partial charge in [0.15, 0.2) is 0 Å². The Kier molecular flexibility index (Phi) is 6.14. The van der Waals surface area contributed by atoms with Crippen LogP contribution in [-0.4, -0.2) is 22.6 Å². The summed E-state index contributed by atoms with van der Waals surface area (Å²) in [5, 5.41) is 3.28. The largest absolute Gasteiger partial charge is 0.497 e. The Hall–Kier alpha value is -3.08. The van der Waals surface area contributed by atoms with E-state index in [1.54, 1.807) is 11.8 Å². The number of aromatic nitrogens is 2. The molecule has 1 N–H and O–H groups in total. The normalized spacial score (nSPS) is 11.6. The molecule has 0 unspecified atom stereocenters. The van der Waals surface area contributed by atoms with Crippen molar-refractivity contribution in [2.75, 3.05) is 7.11 Å². The third kappa shape index (κ3) is 3.93. The van der Waals surface area contributed by atoms with Crippen molar-refractivity contribution in [3.8, 4) is 11.4 Å². The highest BCUT2D eigenvalue weighted by molar-refractivity contribution is 6.01. The molecule has 0 aliphatic rings. The molecule has 0 fully saturated rings. The van der Waals surface area contributed by atoms with Gasteiger partial charge in [-0.05, 0) is 55.7 Å². The topological polar surface area (TPSA) is 59.4 Å². The highest BCUT2D eigenvalue weighted by Gasteiger charge is 2.17. The van der Waals surface area contributed by atoms with Crippen LogP contribution >= 0.6 is 0 Å². The standard InChI is InChI=1S/C23H27N3O2/c1-5-9-21-22(16(3)24-20-11-8-7-10-17(20)6-2)23(27)26(25-21)18-12-14-19(28-4)15-13-18/h7-8,10-15,25H,5-6,9H2,1-4H3. The number of H-pyrrole nitrogens is 1. The lowest BCUT2D eigenvalue weighted by Gasteiger charge is -2.05. The lowest BCUT2D eigenvalue weighted by molar-refractivity contribution is 0.414. The first-order chi connectivity index (χ1) is 13.6. The second-order valence-electron chi connectivity index (χ2n) is 6.73. The molecule has 0 aliphatic carbocycles. The minimum atomic E-state index is -0.0798. The number of para-hydroxylation sites is 1. The predicted molar refractivity (Wildman–Crippen MR) is 115 cm³/mol. The van der Waals surface area contributed by atoms with E-state index in [9.17, 15) is 4.79 Å². The number of aryl methyl sites for hydroxylation is 2. The van der Waals surface area contributed by atoms with E-state index in [-0.39, 0.29) is 5.56 Å². The maximum atomic E-state index is 13.2. The maximum absolute atomic E-state index is 13.2. The molecular weight excluding hydrogens is 350 g/mol. The highest BCUT2D eigenvalue weighted by atomic mass is 16.5. The lowest BCUT2D eigenvalue weighted by atomic mass is 10.1. The number of ether oxygens (including phenoxy) is 1. The quantitative estimate of drug-likeness (QED) is 0.600. The molecule has 0 saturated heterocycles. The Balaban J connectivity index is 2.10. The molecule has 5 heteroatoms. The van der Waals surface area contributed by atoms with Crippen LogP contribution in [0.15, 0.2) is 58.3 Å². The Bertz CT molecular complexity index is 1030. The van der Waals surface area contributed by atoms with Gasteiger partial charge in [-0.2, -0.15) is 0 Å². The van der Waals surface area contributed by atoms with Crippen LogP contribution in [-0.2, 0) is 12.8 Å². The van der Waals surface area contributed by atoms with Gasteiger partial charge in [0, 0.05) is 5.69 Å². The van der Waals surface area contributed by atoms with Crippen LogP contribution in [0.5, 0.6) is 5.75 Å². The molecule has 28 heavy (non-hydrogen) atoms. The van der Waals surface area contributed by atoms with Gasteiger partial charge in [-0.1, -0.05) is 38.5 Å². The first kappa shape index (κ1) is 19.7. The molecule has 0 saturated carbocycles. The fourth-order valence-electron chi connectivity index (χ4n) is 3.36. The molecule has 0 bridgehead atoms. The zero-order valence-electron chi connectivity index (χ0n) is 17.0. The van der Waals surface area contributed by atoms with Crippen LogP contribution in [0, 0.1) is 0 Å². The van der Waals surface area contributed by atoms with Crippen LogP contribution in [0.4, 0.5) is 5.69 Å². The van der Waals surface area contributed by atoms with Crippen molar-refractivity contribution in [3.05, 3.63) is 75.7 Å². The molecule has 0 spiro atoms. The Labute approximate surface area is 165 Å². The van der Waals surface area contributed by atoms with E-state index >= 15 is 0 Å². The average Bonchev–Trinajstić information content (AvgIpc) is 3.04. The SMILES string of the molecule is CCCc1[nH]n(-c2ccc(OC)cc2)c(=O)c1C(C)=Nc1ccccc1CC. The molecular formula is C23H27N3O2. The third-order valence-electron chi connectivity index (χ3n) is 4.82. The van der Waals surface area contributed by atoms with Gasteiger partial charge in [-0.15, -0.1) is 0 Å². The summed E-state index contributed by atoms with van der Waals surface area (Å²) >= 11 is 0. The van der Waals surface area contributed by atoms with Crippen LogP contribution in [0.25, 0.3) is 5.69 Å². The van der Waals surface area contributed by atoms with Crippen molar-refractivity contribution in [2.45, 2.75) is 40.0 Å². The predicted octanol–water partition coefficient (Wildman–Crippen LogP) is 4.83. The molecule has 146 valence electrons. The first-order valence-electron chi connectivity index (χ1n) is 9.70. The fourth-order valence-corrected chi connectivity index (χ4v) is 3.36. The van der Waals surface area contributed by atoms with E-state index in [1.807, 2.05) is 49.4 Å². The van der Waals surface area contributed by atoms with Gasteiger partial charge < -0.3 is 4.74 Å². The van der Waals surface area contributed by atoms with Gasteiger partial charge in [-0.3, -0.25) is 14.9 Å². The second kappa shape index (κ2) is 8.74. The van der Waals surface area contributed by atoms with Crippen LogP contribution in [0.2, 0.25) is 0 Å². The minimum Gasteiger partial charge on any atom is -0.497 e. The maximum Gasteiger partial charge on any atom is 0.280 e. The number of hydrogen-bond donors (Lipinski definition) is 1. The van der Waals surface area contributed by atoms with Crippen molar-refractivity contribution in [2.24, 2.45) is 4.99 Å². The number of nitrogens with one attached hydrogen (secondary N) is 1. The molecule has 3 aromatic rings. The van der Waals surface area contributed by atoms with Crippen molar-refractivity contribution >= 4 is 11.4 Å². The number of aromatic amines is 1. The van der Waals surface area contributed by atoms with Crippen LogP contribution in [0.1, 0.15) is 44.0 Å². The number of nitrogens with zero attached hydrogens (tertiary/aromatic N) is 2. The molecule has 0 atom stereocenters. The molecule has 1 aromatic heterocycles. The molecule has 0 amide bonds. The van der Waals surface area contributed by atoms with Gasteiger partial charge >= 0.3 is 0 Å². The molecule has 1 heterocycles. The molecule has 3 rings (SSSR count). The smallest absolute Gasteiger partial charge is 0.280 e. The number of hydrogen-bond acceptors (Lipinski definition) is 3. The summed E-state index contributed by atoms with van der Waals surface area (Å²) in [6.07, 6.45) is 2.63. The summed E-state index contributed by atoms with van der Waals surface area (Å²) in [7, 11) is 1.63. The molecule has 0 radical (unpaired) electrons. The van der Waals surface area contributed by atoms with Crippen molar-refractivity contribution in [3.63, 3.8) is 0 Å². The summed E-state index contributed by atoms with van der Waals surface area (Å²) in [5.74, 6) is 0.756. The van der Waals surface area contributed by atoms with Crippen LogP contribution < -0.4 is 10.3 Å². The summed E-state index contributed by atoms with van der Waals surface area (Å²) in [6, 6.07) is 15.5. The summed E-state index contributed by atoms with van der Waals surface area (Å²) in [5.41, 5.74) is 5.09. The molecule has 0 aliphatic heterocycles. The Morgan fingerprint density at radius 3 is 2.46 bits per heavy atom.